The number of para-hydroxylation sites is 2. The van der Waals surface area contributed by atoms with Gasteiger partial charge in [-0.25, -0.2) is 4.98 Å². The first-order valence-corrected chi connectivity index (χ1v) is 9.93. The summed E-state index contributed by atoms with van der Waals surface area (Å²) >= 11 is 0. The predicted molar refractivity (Wildman–Crippen MR) is 113 cm³/mol. The van der Waals surface area contributed by atoms with Crippen molar-refractivity contribution in [2.75, 3.05) is 13.1 Å². The molecule has 0 aliphatic carbocycles. The average molecular weight is 399 g/mol. The molecule has 7 heteroatoms. The molecule has 2 N–H and O–H groups in total. The Balaban J connectivity index is 1.34. The fourth-order valence-electron chi connectivity index (χ4n) is 3.81. The number of carbonyl (C=O) groups excluding carboxylic acids is 1. The molecule has 0 unspecified atom stereocenters. The number of nitrogens with one attached hydrogen (secondary N) is 1. The largest absolute Gasteiger partial charge is 0.389 e. The van der Waals surface area contributed by atoms with E-state index in [0.717, 1.165) is 33.5 Å². The van der Waals surface area contributed by atoms with Gasteiger partial charge in [0, 0.05) is 37.0 Å². The Bertz CT molecular complexity index is 1180. The van der Waals surface area contributed by atoms with Crippen molar-refractivity contribution in [2.45, 2.75) is 18.9 Å². The minimum Gasteiger partial charge on any atom is -0.389 e. The maximum Gasteiger partial charge on any atom is 0.289 e. The molecule has 1 amide bonds. The van der Waals surface area contributed by atoms with Crippen molar-refractivity contribution in [2.24, 2.45) is 0 Å². The Hall–Kier alpha value is -3.58. The van der Waals surface area contributed by atoms with Gasteiger partial charge in [0.15, 0.2) is 5.82 Å². The highest BCUT2D eigenvalue weighted by Gasteiger charge is 2.36. The fourth-order valence-corrected chi connectivity index (χ4v) is 3.81. The lowest BCUT2D eigenvalue weighted by Crippen LogP contribution is -2.49. The van der Waals surface area contributed by atoms with Crippen molar-refractivity contribution < 1.29 is 9.90 Å². The van der Waals surface area contributed by atoms with Gasteiger partial charge in [-0.3, -0.25) is 14.8 Å². The Labute approximate surface area is 173 Å². The molecule has 1 aliphatic heterocycles. The molecular weight excluding hydrogens is 378 g/mol. The third-order valence-corrected chi connectivity index (χ3v) is 5.54. The Morgan fingerprint density at radius 3 is 2.57 bits per heavy atom. The molecule has 1 aliphatic rings. The number of likely N-dealkylation sites (tertiary alicyclic amines) is 1. The normalized spacial score (nSPS) is 15.2. The molecule has 0 saturated carbocycles. The zero-order valence-corrected chi connectivity index (χ0v) is 16.5. The van der Waals surface area contributed by atoms with Crippen molar-refractivity contribution in [3.63, 3.8) is 0 Å². The van der Waals surface area contributed by atoms with Crippen LogP contribution in [0.5, 0.6) is 0 Å². The quantitative estimate of drug-likeness (QED) is 0.549. The van der Waals surface area contributed by atoms with Gasteiger partial charge in [-0.1, -0.05) is 36.4 Å². The van der Waals surface area contributed by atoms with Gasteiger partial charge in [0.05, 0.1) is 28.5 Å². The maximum atomic E-state index is 12.8. The molecule has 4 aromatic rings. The van der Waals surface area contributed by atoms with Gasteiger partial charge in [0.2, 0.25) is 0 Å². The third kappa shape index (κ3) is 3.23. The number of amides is 1. The van der Waals surface area contributed by atoms with Gasteiger partial charge in [0.1, 0.15) is 0 Å². The number of benzene rings is 2. The van der Waals surface area contributed by atoms with Crippen LogP contribution < -0.4 is 0 Å². The summed E-state index contributed by atoms with van der Waals surface area (Å²) in [5, 5.41) is 9.72. The first kappa shape index (κ1) is 18.4. The van der Waals surface area contributed by atoms with Gasteiger partial charge >= 0.3 is 0 Å². The molecule has 7 nitrogen and oxygen atoms in total. The van der Waals surface area contributed by atoms with E-state index in [2.05, 4.69) is 19.9 Å². The summed E-state index contributed by atoms with van der Waals surface area (Å²) in [5.74, 6) is 0.385. The Morgan fingerprint density at radius 2 is 1.83 bits per heavy atom. The second-order valence-electron chi connectivity index (χ2n) is 7.60. The van der Waals surface area contributed by atoms with Crippen molar-refractivity contribution >= 4 is 16.9 Å². The molecule has 5 rings (SSSR count). The van der Waals surface area contributed by atoms with Crippen molar-refractivity contribution in [3.8, 4) is 11.3 Å². The first-order valence-electron chi connectivity index (χ1n) is 9.93. The predicted octanol–water partition coefficient (Wildman–Crippen LogP) is 3.31. The van der Waals surface area contributed by atoms with Gasteiger partial charge in [0.25, 0.3) is 5.91 Å². The van der Waals surface area contributed by atoms with E-state index in [9.17, 15) is 9.90 Å². The van der Waals surface area contributed by atoms with Crippen molar-refractivity contribution in [1.29, 1.82) is 0 Å². The van der Waals surface area contributed by atoms with E-state index >= 15 is 0 Å². The number of hydrogen-bond donors (Lipinski definition) is 2. The molecule has 30 heavy (non-hydrogen) atoms. The SMILES string of the molecule is C[C@H](O)c1ccc(-c2nccnc2C2CN(C(=O)c3nc4ccccc4[nH]3)C2)cc1. The van der Waals surface area contributed by atoms with Crippen LogP contribution in [0.4, 0.5) is 0 Å². The zero-order valence-electron chi connectivity index (χ0n) is 16.5. The summed E-state index contributed by atoms with van der Waals surface area (Å²) in [5.41, 5.74) is 5.15. The standard InChI is InChI=1S/C23H21N5O2/c1-14(29)15-6-8-16(9-7-15)20-21(25-11-10-24-20)17-12-28(13-17)23(30)22-26-18-4-2-3-5-19(18)27-22/h2-11,14,17,29H,12-13H2,1H3,(H,26,27)/t14-/m0/s1. The van der Waals surface area contributed by atoms with Crippen LogP contribution in [0, 0.1) is 0 Å². The topological polar surface area (TPSA) is 95.0 Å². The zero-order chi connectivity index (χ0) is 20.7. The second kappa shape index (κ2) is 7.35. The number of hydrogen-bond acceptors (Lipinski definition) is 5. The molecular formula is C23H21N5O2. The molecule has 0 spiro atoms. The van der Waals surface area contributed by atoms with Gasteiger partial charge in [-0.05, 0) is 24.6 Å². The summed E-state index contributed by atoms with van der Waals surface area (Å²) in [4.78, 5) is 31.2. The lowest BCUT2D eigenvalue weighted by atomic mass is 9.92. The number of fused-ring (bicyclic) bond motifs is 1. The van der Waals surface area contributed by atoms with E-state index in [1.165, 1.54) is 0 Å². The van der Waals surface area contributed by atoms with Crippen LogP contribution in [0.1, 0.15) is 40.8 Å². The van der Waals surface area contributed by atoms with Crippen LogP contribution in [0.3, 0.4) is 0 Å². The van der Waals surface area contributed by atoms with Crippen molar-refractivity contribution in [1.82, 2.24) is 24.8 Å². The molecule has 150 valence electrons. The maximum absolute atomic E-state index is 12.8. The van der Waals surface area contributed by atoms with E-state index in [1.54, 1.807) is 24.2 Å². The smallest absolute Gasteiger partial charge is 0.289 e. The highest BCUT2D eigenvalue weighted by atomic mass is 16.3. The molecule has 0 bridgehead atoms. The minimum atomic E-state index is -0.509. The molecule has 2 aromatic carbocycles. The van der Waals surface area contributed by atoms with Crippen LogP contribution in [-0.2, 0) is 0 Å². The van der Waals surface area contributed by atoms with Crippen LogP contribution >= 0.6 is 0 Å². The lowest BCUT2D eigenvalue weighted by Gasteiger charge is -2.38. The van der Waals surface area contributed by atoms with E-state index in [1.807, 2.05) is 48.5 Å². The molecule has 3 heterocycles. The van der Waals surface area contributed by atoms with E-state index in [0.29, 0.717) is 18.9 Å². The summed E-state index contributed by atoms with van der Waals surface area (Å²) in [6, 6.07) is 15.3. The first-order chi connectivity index (χ1) is 14.6. The highest BCUT2D eigenvalue weighted by Crippen LogP contribution is 2.33. The number of nitrogens with zero attached hydrogens (tertiary/aromatic N) is 4. The number of rotatable bonds is 4. The number of aromatic amines is 1. The van der Waals surface area contributed by atoms with Crippen LogP contribution in [0.2, 0.25) is 0 Å². The van der Waals surface area contributed by atoms with Crippen LogP contribution in [0.15, 0.2) is 60.9 Å². The minimum absolute atomic E-state index is 0.103. The summed E-state index contributed by atoms with van der Waals surface area (Å²) < 4.78 is 0. The Morgan fingerprint density at radius 1 is 1.10 bits per heavy atom. The van der Waals surface area contributed by atoms with E-state index in [4.69, 9.17) is 0 Å². The summed E-state index contributed by atoms with van der Waals surface area (Å²) in [6.07, 6.45) is 2.86. The third-order valence-electron chi connectivity index (χ3n) is 5.54. The van der Waals surface area contributed by atoms with Gasteiger partial charge in [-0.2, -0.15) is 0 Å². The number of aliphatic hydroxyl groups is 1. The van der Waals surface area contributed by atoms with E-state index in [-0.39, 0.29) is 11.8 Å². The monoisotopic (exact) mass is 399 g/mol. The highest BCUT2D eigenvalue weighted by molar-refractivity contribution is 5.94. The molecule has 0 radical (unpaired) electrons. The number of aromatic nitrogens is 4. The average Bonchev–Trinajstić information content (AvgIpc) is 3.17. The molecule has 1 atom stereocenters. The lowest BCUT2D eigenvalue weighted by molar-refractivity contribution is 0.0587. The van der Waals surface area contributed by atoms with Gasteiger partial charge < -0.3 is 15.0 Å². The number of carbonyl (C=O) groups is 1. The van der Waals surface area contributed by atoms with Crippen LogP contribution in [0.25, 0.3) is 22.3 Å². The van der Waals surface area contributed by atoms with Crippen LogP contribution in [-0.4, -0.2) is 48.9 Å². The summed E-state index contributed by atoms with van der Waals surface area (Å²) in [7, 11) is 0. The van der Waals surface area contributed by atoms with Gasteiger partial charge in [-0.15, -0.1) is 0 Å². The molecule has 2 aromatic heterocycles. The summed E-state index contributed by atoms with van der Waals surface area (Å²) in [6.45, 7) is 2.89. The Kier molecular flexibility index (Phi) is 4.52. The number of aliphatic hydroxyl groups excluding tert-OH is 1. The molecule has 1 fully saturated rings. The number of imidazole rings is 1. The second-order valence-corrected chi connectivity index (χ2v) is 7.60. The van der Waals surface area contributed by atoms with Crippen molar-refractivity contribution in [3.05, 3.63) is 78.0 Å². The fraction of sp³-hybridized carbons (Fsp3) is 0.217. The number of H-pyrrole nitrogens is 1. The molecule has 1 saturated heterocycles. The van der Waals surface area contributed by atoms with E-state index < -0.39 is 6.10 Å².